The number of ether oxygens (including phenoxy) is 1. The van der Waals surface area contributed by atoms with E-state index in [1.54, 1.807) is 14.0 Å². The lowest BCUT2D eigenvalue weighted by molar-refractivity contribution is -0.226. The Morgan fingerprint density at radius 3 is 2.16 bits per heavy atom. The number of aliphatic hydroxyl groups excluding tert-OH is 1. The van der Waals surface area contributed by atoms with Gasteiger partial charge in [0.25, 0.3) is 0 Å². The highest BCUT2D eigenvalue weighted by Crippen LogP contribution is 2.28. The molecular formula is C35H64N6O8. The highest BCUT2D eigenvalue weighted by Gasteiger charge is 2.40. The van der Waals surface area contributed by atoms with Gasteiger partial charge in [0.05, 0.1) is 24.7 Å². The summed E-state index contributed by atoms with van der Waals surface area (Å²) in [5, 5.41) is 32.3. The Kier molecular flexibility index (Phi) is 17.4. The number of carbonyl (C=O) groups is 5. The molecule has 0 bridgehead atoms. The van der Waals surface area contributed by atoms with E-state index in [-0.39, 0.29) is 24.3 Å². The van der Waals surface area contributed by atoms with E-state index in [2.05, 4.69) is 28.2 Å². The predicted octanol–water partition coefficient (Wildman–Crippen LogP) is 1.06. The Morgan fingerprint density at radius 2 is 1.59 bits per heavy atom. The van der Waals surface area contributed by atoms with Crippen molar-refractivity contribution in [3.05, 3.63) is 0 Å². The molecule has 1 aliphatic carbocycles. The summed E-state index contributed by atoms with van der Waals surface area (Å²) in [5.41, 5.74) is 5.90. The Labute approximate surface area is 292 Å². The van der Waals surface area contributed by atoms with Crippen molar-refractivity contribution in [3.63, 3.8) is 0 Å². The molecule has 2 fully saturated rings. The number of likely N-dealkylation sites (N-methyl/N-ethyl adjacent to an activating group) is 1. The fraction of sp³-hybridized carbons (Fsp3) is 0.857. The van der Waals surface area contributed by atoms with Gasteiger partial charge in [-0.1, -0.05) is 72.6 Å². The molecule has 2 rings (SSSR count). The zero-order chi connectivity index (χ0) is 36.9. The van der Waals surface area contributed by atoms with E-state index in [1.807, 2.05) is 13.8 Å². The topological polar surface area (TPSA) is 212 Å². The van der Waals surface area contributed by atoms with Crippen LogP contribution in [0.25, 0.3) is 0 Å². The number of amides is 5. The number of β-amino-alcohol motifs (C(OH)–C–C–N with tert-alkyl or cyclic N) is 1. The highest BCUT2D eigenvalue weighted by molar-refractivity contribution is 5.96. The molecule has 5 amide bonds. The number of carbonyl (C=O) groups excluding carboxylic acids is 5. The number of hydrogen-bond acceptors (Lipinski definition) is 9. The van der Waals surface area contributed by atoms with Gasteiger partial charge in [-0.3, -0.25) is 24.0 Å². The Balaban J connectivity index is 2.60. The van der Waals surface area contributed by atoms with Gasteiger partial charge in [0.2, 0.25) is 29.5 Å². The molecule has 8 N–H and O–H groups in total. The van der Waals surface area contributed by atoms with Gasteiger partial charge in [0.15, 0.2) is 5.79 Å². The molecular weight excluding hydrogens is 632 g/mol. The first-order valence-corrected chi connectivity index (χ1v) is 18.3. The lowest BCUT2D eigenvalue weighted by Crippen LogP contribution is -2.62. The molecule has 0 aromatic heterocycles. The molecule has 0 radical (unpaired) electrons. The van der Waals surface area contributed by atoms with Crippen LogP contribution in [0.1, 0.15) is 112 Å². The normalized spacial score (nSPS) is 31.6. The van der Waals surface area contributed by atoms with Crippen LogP contribution in [0.2, 0.25) is 0 Å². The summed E-state index contributed by atoms with van der Waals surface area (Å²) in [6.07, 6.45) is 6.46. The van der Waals surface area contributed by atoms with Gasteiger partial charge in [-0.05, 0) is 51.4 Å². The van der Waals surface area contributed by atoms with Gasteiger partial charge in [-0.15, -0.1) is 0 Å². The van der Waals surface area contributed by atoms with E-state index in [9.17, 15) is 34.2 Å². The second kappa shape index (κ2) is 20.1. The molecule has 0 aromatic rings. The quantitative estimate of drug-likeness (QED) is 0.163. The number of hydrogen-bond donors (Lipinski definition) is 7. The van der Waals surface area contributed by atoms with Crippen LogP contribution >= 0.6 is 0 Å². The number of rotatable bonds is 10. The maximum Gasteiger partial charge on any atom is 0.245 e. The first kappa shape index (κ1) is 42.4. The first-order chi connectivity index (χ1) is 23.0. The van der Waals surface area contributed by atoms with Crippen molar-refractivity contribution < 1.29 is 38.9 Å². The molecule has 1 saturated heterocycles. The molecule has 8 atom stereocenters. The Morgan fingerprint density at radius 1 is 0.939 bits per heavy atom. The largest absolute Gasteiger partial charge is 0.391 e. The molecule has 1 heterocycles. The van der Waals surface area contributed by atoms with Crippen molar-refractivity contribution in [2.45, 2.75) is 154 Å². The van der Waals surface area contributed by atoms with Crippen molar-refractivity contribution in [2.24, 2.45) is 23.5 Å². The second-order valence-electron chi connectivity index (χ2n) is 14.7. The van der Waals surface area contributed by atoms with E-state index < -0.39 is 78.3 Å². The minimum absolute atomic E-state index is 0.0301. The number of nitrogens with one attached hydrogen (secondary N) is 4. The average Bonchev–Trinajstić information content (AvgIpc) is 3.06. The van der Waals surface area contributed by atoms with Crippen LogP contribution in [0.4, 0.5) is 0 Å². The van der Waals surface area contributed by atoms with Crippen molar-refractivity contribution in [3.8, 4) is 0 Å². The maximum atomic E-state index is 14.1. The molecule has 14 nitrogen and oxygen atoms in total. The van der Waals surface area contributed by atoms with Gasteiger partial charge in [0.1, 0.15) is 24.2 Å². The first-order valence-electron chi connectivity index (χ1n) is 18.3. The number of nitrogens with two attached hydrogens (primary N) is 1. The lowest BCUT2D eigenvalue weighted by Gasteiger charge is -2.37. The molecule has 1 aliphatic heterocycles. The summed E-state index contributed by atoms with van der Waals surface area (Å²) < 4.78 is 6.14. The number of nitrogens with zero attached hydrogens (tertiary/aromatic N) is 1. The van der Waals surface area contributed by atoms with Gasteiger partial charge in [0, 0.05) is 13.6 Å². The number of unbranched alkanes of at least 4 members (excludes halogenated alkanes) is 3. The van der Waals surface area contributed by atoms with Gasteiger partial charge >= 0.3 is 0 Å². The summed E-state index contributed by atoms with van der Waals surface area (Å²) in [6.45, 7) is 9.65. The Hall–Kier alpha value is -2.81. The highest BCUT2D eigenvalue weighted by atomic mass is 16.6. The summed E-state index contributed by atoms with van der Waals surface area (Å²) in [4.78, 5) is 70.1. The van der Waals surface area contributed by atoms with Crippen LogP contribution < -0.4 is 27.0 Å². The van der Waals surface area contributed by atoms with Crippen LogP contribution in [0.5, 0.6) is 0 Å². The molecule has 1 saturated carbocycles. The molecule has 282 valence electrons. The summed E-state index contributed by atoms with van der Waals surface area (Å²) in [6, 6.07) is -4.62. The van der Waals surface area contributed by atoms with Gasteiger partial charge in [-0.2, -0.15) is 0 Å². The van der Waals surface area contributed by atoms with Crippen molar-refractivity contribution in [1.29, 1.82) is 0 Å². The molecule has 14 heteroatoms. The van der Waals surface area contributed by atoms with E-state index in [0.717, 1.165) is 44.9 Å². The minimum Gasteiger partial charge on any atom is -0.391 e. The fourth-order valence-electron chi connectivity index (χ4n) is 6.70. The van der Waals surface area contributed by atoms with Crippen molar-refractivity contribution in [1.82, 2.24) is 26.2 Å². The van der Waals surface area contributed by atoms with E-state index in [4.69, 9.17) is 10.5 Å². The molecule has 2 aliphatic rings. The van der Waals surface area contributed by atoms with Crippen LogP contribution in [0.3, 0.4) is 0 Å². The monoisotopic (exact) mass is 696 g/mol. The van der Waals surface area contributed by atoms with Crippen LogP contribution in [-0.4, -0.2) is 107 Å². The third kappa shape index (κ3) is 13.1. The van der Waals surface area contributed by atoms with Gasteiger partial charge < -0.3 is 46.9 Å². The molecule has 49 heavy (non-hydrogen) atoms. The maximum absolute atomic E-state index is 14.1. The van der Waals surface area contributed by atoms with Crippen molar-refractivity contribution >= 4 is 29.5 Å². The lowest BCUT2D eigenvalue weighted by atomic mass is 9.83. The van der Waals surface area contributed by atoms with E-state index >= 15 is 0 Å². The summed E-state index contributed by atoms with van der Waals surface area (Å²) in [7, 11) is 1.57. The third-order valence-corrected chi connectivity index (χ3v) is 9.73. The van der Waals surface area contributed by atoms with Gasteiger partial charge in [-0.25, -0.2) is 0 Å². The zero-order valence-corrected chi connectivity index (χ0v) is 30.8. The predicted molar refractivity (Wildman–Crippen MR) is 186 cm³/mol. The summed E-state index contributed by atoms with van der Waals surface area (Å²) in [5.74, 6) is -5.89. The smallest absolute Gasteiger partial charge is 0.245 e. The fourth-order valence-corrected chi connectivity index (χ4v) is 6.70. The number of aliphatic hydroxyl groups is 2. The van der Waals surface area contributed by atoms with E-state index in [0.29, 0.717) is 25.7 Å². The molecule has 0 aromatic carbocycles. The molecule has 0 unspecified atom stereocenters. The third-order valence-electron chi connectivity index (χ3n) is 9.73. The standard InChI is InChI=1S/C35H64N6O8/c1-8-9-10-14-17-27-22(4)34(47)41(7)26(18-21(2)3)31(44)40-29(24-15-12-11-13-16-24)33(46)38-25(19-36)30(43)39-28(23(5)42)32(45)37-20-35(6,48)49-27/h21-29,42,48H,8-20,36H2,1-7H3,(H,37,45)(H,38,46)(H,39,43)(H,40,44)/t22-,23+,25+,26+,27-,28+,29+,35-/m1/s1. The van der Waals surface area contributed by atoms with Crippen LogP contribution in [0.15, 0.2) is 0 Å². The zero-order valence-electron chi connectivity index (χ0n) is 30.8. The SMILES string of the molecule is CCCCCC[C@H]1O[C@@](C)(O)CNC(=O)[C@H]([C@H](C)O)NC(=O)[C@H](CN)NC(=O)[C@H](C2CCCCC2)NC(=O)[C@H](CC(C)C)N(C)C(=O)[C@@H]1C. The average molecular weight is 697 g/mol. The second-order valence-corrected chi connectivity index (χ2v) is 14.7. The minimum atomic E-state index is -1.93. The van der Waals surface area contributed by atoms with Crippen LogP contribution in [0, 0.1) is 17.8 Å². The van der Waals surface area contributed by atoms with Crippen LogP contribution in [-0.2, 0) is 28.7 Å². The van der Waals surface area contributed by atoms with E-state index in [1.165, 1.54) is 18.7 Å². The van der Waals surface area contributed by atoms with Crippen molar-refractivity contribution in [2.75, 3.05) is 20.1 Å². The molecule has 0 spiro atoms. The summed E-state index contributed by atoms with van der Waals surface area (Å²) >= 11 is 0. The Bertz CT molecular complexity index is 1100.